The van der Waals surface area contributed by atoms with E-state index in [0.29, 0.717) is 17.2 Å². The molecule has 1 aliphatic carbocycles. The lowest BCUT2D eigenvalue weighted by atomic mass is 10.1. The van der Waals surface area contributed by atoms with Gasteiger partial charge in [0.05, 0.1) is 11.3 Å². The van der Waals surface area contributed by atoms with Gasteiger partial charge in [-0.15, -0.1) is 0 Å². The SMILES string of the molecule is CC(NC(=O)c1ccc(-n2ccnc2)c([N+](=O)[O-])c1)C1CC1. The van der Waals surface area contributed by atoms with E-state index in [9.17, 15) is 14.9 Å². The minimum Gasteiger partial charge on any atom is -0.349 e. The van der Waals surface area contributed by atoms with Crippen molar-refractivity contribution < 1.29 is 9.72 Å². The number of hydrogen-bond acceptors (Lipinski definition) is 4. The Balaban J connectivity index is 1.88. The van der Waals surface area contributed by atoms with Crippen molar-refractivity contribution in [1.82, 2.24) is 14.9 Å². The number of nitrogens with zero attached hydrogens (tertiary/aromatic N) is 3. The molecule has 1 aromatic carbocycles. The smallest absolute Gasteiger partial charge is 0.294 e. The summed E-state index contributed by atoms with van der Waals surface area (Å²) in [6.45, 7) is 1.96. The van der Waals surface area contributed by atoms with Gasteiger partial charge in [-0.1, -0.05) is 0 Å². The van der Waals surface area contributed by atoms with Crippen LogP contribution in [-0.4, -0.2) is 26.4 Å². The van der Waals surface area contributed by atoms with Gasteiger partial charge in [-0.2, -0.15) is 0 Å². The van der Waals surface area contributed by atoms with E-state index < -0.39 is 4.92 Å². The number of nitro benzene ring substituents is 1. The van der Waals surface area contributed by atoms with Crippen LogP contribution in [0.3, 0.4) is 0 Å². The van der Waals surface area contributed by atoms with Crippen LogP contribution in [-0.2, 0) is 0 Å². The Hall–Kier alpha value is -2.70. The number of rotatable bonds is 5. The van der Waals surface area contributed by atoms with E-state index in [1.807, 2.05) is 6.92 Å². The lowest BCUT2D eigenvalue weighted by Crippen LogP contribution is -2.34. The molecule has 1 amide bonds. The molecule has 0 spiro atoms. The summed E-state index contributed by atoms with van der Waals surface area (Å²) >= 11 is 0. The van der Waals surface area contributed by atoms with Crippen LogP contribution in [0.4, 0.5) is 5.69 Å². The number of carbonyl (C=O) groups excluding carboxylic acids is 1. The van der Waals surface area contributed by atoms with Gasteiger partial charge >= 0.3 is 0 Å². The van der Waals surface area contributed by atoms with Crippen molar-refractivity contribution in [2.24, 2.45) is 5.92 Å². The Morgan fingerprint density at radius 1 is 1.50 bits per heavy atom. The van der Waals surface area contributed by atoms with Crippen LogP contribution >= 0.6 is 0 Å². The average Bonchev–Trinajstić information content (AvgIpc) is 3.22. The number of carbonyl (C=O) groups is 1. The Morgan fingerprint density at radius 2 is 2.27 bits per heavy atom. The van der Waals surface area contributed by atoms with Gasteiger partial charge < -0.3 is 9.88 Å². The Labute approximate surface area is 127 Å². The molecule has 0 radical (unpaired) electrons. The van der Waals surface area contributed by atoms with Crippen molar-refractivity contribution in [2.75, 3.05) is 0 Å². The highest BCUT2D eigenvalue weighted by Crippen LogP contribution is 2.32. The number of benzene rings is 1. The first-order valence-corrected chi connectivity index (χ1v) is 7.14. The highest BCUT2D eigenvalue weighted by molar-refractivity contribution is 5.95. The molecule has 7 nitrogen and oxygen atoms in total. The van der Waals surface area contributed by atoms with E-state index >= 15 is 0 Å². The van der Waals surface area contributed by atoms with Crippen molar-refractivity contribution in [1.29, 1.82) is 0 Å². The highest BCUT2D eigenvalue weighted by atomic mass is 16.6. The minimum absolute atomic E-state index is 0.0971. The molecule has 1 saturated carbocycles. The number of aromatic nitrogens is 2. The summed E-state index contributed by atoms with van der Waals surface area (Å²) in [7, 11) is 0. The second kappa shape index (κ2) is 5.59. The van der Waals surface area contributed by atoms with Gasteiger partial charge in [0.1, 0.15) is 5.69 Å². The maximum absolute atomic E-state index is 12.2. The molecular formula is C15H16N4O3. The third kappa shape index (κ3) is 2.83. The van der Waals surface area contributed by atoms with Crippen LogP contribution in [0.1, 0.15) is 30.1 Å². The summed E-state index contributed by atoms with van der Waals surface area (Å²) in [5.74, 6) is 0.254. The highest BCUT2D eigenvalue weighted by Gasteiger charge is 2.29. The van der Waals surface area contributed by atoms with Crippen LogP contribution in [0.25, 0.3) is 5.69 Å². The predicted molar refractivity (Wildman–Crippen MR) is 79.9 cm³/mol. The summed E-state index contributed by atoms with van der Waals surface area (Å²) in [4.78, 5) is 26.9. The molecule has 0 aliphatic heterocycles. The summed E-state index contributed by atoms with van der Waals surface area (Å²) in [6.07, 6.45) is 6.90. The lowest BCUT2D eigenvalue weighted by Gasteiger charge is -2.13. The third-order valence-electron chi connectivity index (χ3n) is 3.90. The number of imidazole rings is 1. The summed E-state index contributed by atoms with van der Waals surface area (Å²) in [5, 5.41) is 14.2. The molecule has 0 bridgehead atoms. The van der Waals surface area contributed by atoms with Crippen molar-refractivity contribution >= 4 is 11.6 Å². The molecule has 1 unspecified atom stereocenters. The molecule has 0 saturated heterocycles. The fourth-order valence-electron chi connectivity index (χ4n) is 2.44. The number of nitrogens with one attached hydrogen (secondary N) is 1. The summed E-state index contributed by atoms with van der Waals surface area (Å²) in [6, 6.07) is 4.57. The Kier molecular flexibility index (Phi) is 3.62. The van der Waals surface area contributed by atoms with E-state index in [0.717, 1.165) is 12.8 Å². The maximum Gasteiger partial charge on any atom is 0.294 e. The Bertz CT molecular complexity index is 708. The van der Waals surface area contributed by atoms with Crippen molar-refractivity contribution in [3.8, 4) is 5.69 Å². The molecular weight excluding hydrogens is 284 g/mol. The van der Waals surface area contributed by atoms with Crippen LogP contribution in [0.2, 0.25) is 0 Å². The molecule has 3 rings (SSSR count). The molecule has 1 aliphatic rings. The van der Waals surface area contributed by atoms with Crippen LogP contribution in [0, 0.1) is 16.0 Å². The quantitative estimate of drug-likeness (QED) is 0.677. The first-order chi connectivity index (χ1) is 10.6. The van der Waals surface area contributed by atoms with E-state index in [-0.39, 0.29) is 17.6 Å². The summed E-state index contributed by atoms with van der Waals surface area (Å²) in [5.41, 5.74) is 0.557. The number of nitro groups is 1. The zero-order valence-corrected chi connectivity index (χ0v) is 12.1. The zero-order chi connectivity index (χ0) is 15.7. The predicted octanol–water partition coefficient (Wildman–Crippen LogP) is 2.31. The van der Waals surface area contributed by atoms with Crippen molar-refractivity contribution in [3.05, 3.63) is 52.6 Å². The fourth-order valence-corrected chi connectivity index (χ4v) is 2.44. The lowest BCUT2D eigenvalue weighted by molar-refractivity contribution is -0.384. The molecule has 7 heteroatoms. The van der Waals surface area contributed by atoms with Gasteiger partial charge in [-0.25, -0.2) is 4.98 Å². The number of hydrogen-bond donors (Lipinski definition) is 1. The molecule has 1 fully saturated rings. The molecule has 114 valence electrons. The standard InChI is InChI=1S/C15H16N4O3/c1-10(11-2-3-11)17-15(20)12-4-5-13(14(8-12)19(21)22)18-7-6-16-9-18/h4-11H,2-3H2,1H3,(H,17,20). The second-order valence-corrected chi connectivity index (χ2v) is 5.53. The molecule has 1 aromatic heterocycles. The average molecular weight is 300 g/mol. The maximum atomic E-state index is 12.2. The van der Waals surface area contributed by atoms with Gasteiger partial charge in [0.15, 0.2) is 0 Å². The van der Waals surface area contributed by atoms with E-state index in [1.54, 1.807) is 29.1 Å². The Morgan fingerprint density at radius 3 is 2.86 bits per heavy atom. The van der Waals surface area contributed by atoms with Crippen LogP contribution < -0.4 is 5.32 Å². The first kappa shape index (κ1) is 14.2. The van der Waals surface area contributed by atoms with Crippen LogP contribution in [0.15, 0.2) is 36.9 Å². The molecule has 1 N–H and O–H groups in total. The second-order valence-electron chi connectivity index (χ2n) is 5.53. The van der Waals surface area contributed by atoms with Gasteiger partial charge in [0, 0.05) is 30.1 Å². The third-order valence-corrected chi connectivity index (χ3v) is 3.90. The molecule has 2 aromatic rings. The zero-order valence-electron chi connectivity index (χ0n) is 12.1. The van der Waals surface area contributed by atoms with Gasteiger partial charge in [-0.3, -0.25) is 14.9 Å². The topological polar surface area (TPSA) is 90.1 Å². The van der Waals surface area contributed by atoms with Crippen molar-refractivity contribution in [2.45, 2.75) is 25.8 Å². The molecule has 1 heterocycles. The molecule has 1 atom stereocenters. The van der Waals surface area contributed by atoms with E-state index in [4.69, 9.17) is 0 Å². The van der Waals surface area contributed by atoms with Gasteiger partial charge in [0.25, 0.3) is 11.6 Å². The first-order valence-electron chi connectivity index (χ1n) is 7.14. The van der Waals surface area contributed by atoms with Gasteiger partial charge in [0.2, 0.25) is 0 Å². The van der Waals surface area contributed by atoms with Gasteiger partial charge in [-0.05, 0) is 37.8 Å². The largest absolute Gasteiger partial charge is 0.349 e. The number of amides is 1. The molecule has 22 heavy (non-hydrogen) atoms. The van der Waals surface area contributed by atoms with Crippen molar-refractivity contribution in [3.63, 3.8) is 0 Å². The summed E-state index contributed by atoms with van der Waals surface area (Å²) < 4.78 is 1.55. The normalized spacial score (nSPS) is 15.3. The fraction of sp³-hybridized carbons (Fsp3) is 0.333. The van der Waals surface area contributed by atoms with Crippen LogP contribution in [0.5, 0.6) is 0 Å². The monoisotopic (exact) mass is 300 g/mol. The minimum atomic E-state index is -0.490. The van der Waals surface area contributed by atoms with E-state index in [2.05, 4.69) is 10.3 Å². The van der Waals surface area contributed by atoms with E-state index in [1.165, 1.54) is 12.4 Å².